The zero-order valence-electron chi connectivity index (χ0n) is 24.0. The van der Waals surface area contributed by atoms with Crippen LogP contribution in [0.1, 0.15) is 31.8 Å². The van der Waals surface area contributed by atoms with Crippen LogP contribution < -0.4 is 9.47 Å². The van der Waals surface area contributed by atoms with Crippen LogP contribution in [0.3, 0.4) is 0 Å². The normalized spacial score (nSPS) is 11.4. The van der Waals surface area contributed by atoms with E-state index in [1.165, 1.54) is 32.4 Å². The maximum atomic E-state index is 11.8. The highest BCUT2D eigenvalue weighted by atomic mass is 17.2. The summed E-state index contributed by atoms with van der Waals surface area (Å²) in [5, 5.41) is 28.1. The van der Waals surface area contributed by atoms with Crippen molar-refractivity contribution in [2.24, 2.45) is 0 Å². The summed E-state index contributed by atoms with van der Waals surface area (Å²) >= 11 is 0. The van der Waals surface area contributed by atoms with Crippen molar-refractivity contribution >= 4 is 24.1 Å². The van der Waals surface area contributed by atoms with Gasteiger partial charge >= 0.3 is 11.9 Å². The van der Waals surface area contributed by atoms with Crippen LogP contribution in [0.5, 0.6) is 23.0 Å². The molecule has 0 aliphatic rings. The summed E-state index contributed by atoms with van der Waals surface area (Å²) < 4.78 is 15.5. The quantitative estimate of drug-likeness (QED) is 0.0956. The third kappa shape index (κ3) is 10.4. The van der Waals surface area contributed by atoms with Crippen LogP contribution in [0.2, 0.25) is 0 Å². The smallest absolute Gasteiger partial charge is 0.376 e. The van der Waals surface area contributed by atoms with E-state index in [1.807, 2.05) is 30.3 Å². The number of phenolic OH excluding ortho intramolecular Hbond substituents is 2. The van der Waals surface area contributed by atoms with Crippen molar-refractivity contribution in [3.8, 4) is 23.0 Å². The number of hydrogen-bond donors (Lipinski definition) is 3. The first-order valence-corrected chi connectivity index (χ1v) is 13.2. The molecule has 0 saturated carbocycles. The third-order valence-corrected chi connectivity index (χ3v) is 5.79. The summed E-state index contributed by atoms with van der Waals surface area (Å²) in [6.07, 6.45) is 6.08. The first-order valence-electron chi connectivity index (χ1n) is 13.2. The number of carboxylic acid groups (broad SMARTS) is 1. The molecule has 44 heavy (non-hydrogen) atoms. The van der Waals surface area contributed by atoms with E-state index in [0.29, 0.717) is 11.5 Å². The Bertz CT molecular complexity index is 1560. The van der Waals surface area contributed by atoms with Crippen molar-refractivity contribution in [2.45, 2.75) is 6.29 Å². The Kier molecular flexibility index (Phi) is 13.0. The fourth-order valence-electron chi connectivity index (χ4n) is 3.58. The molecule has 10 nitrogen and oxygen atoms in total. The molecule has 0 fully saturated rings. The number of carbonyl (C=O) groups excluding carboxylic acids is 1. The van der Waals surface area contributed by atoms with E-state index < -0.39 is 18.2 Å². The molecule has 1 atom stereocenters. The van der Waals surface area contributed by atoms with Gasteiger partial charge in [0.15, 0.2) is 11.5 Å². The average molecular weight is 601 g/mol. The lowest BCUT2D eigenvalue weighted by Crippen LogP contribution is -2.16. The number of para-hydroxylation sites is 2. The number of methoxy groups -OCH3 is 2. The van der Waals surface area contributed by atoms with Crippen molar-refractivity contribution in [3.63, 3.8) is 0 Å². The fraction of sp³-hybridized carbons (Fsp3) is 0.118. The third-order valence-electron chi connectivity index (χ3n) is 5.79. The SMILES string of the molecule is COC(C=Cc1ccccc1)OOC(=O)c1ccccc1O.COc1cc(C=CCOc2ccccc2C(=O)O)ccc1O. The Hall–Kier alpha value is -5.58. The molecule has 0 aliphatic carbocycles. The molecule has 4 aromatic rings. The molecule has 0 aromatic heterocycles. The van der Waals surface area contributed by atoms with Crippen LogP contribution >= 0.6 is 0 Å². The number of phenols is 2. The first kappa shape index (κ1) is 32.9. The molecule has 4 rings (SSSR count). The van der Waals surface area contributed by atoms with Gasteiger partial charge < -0.3 is 29.5 Å². The average Bonchev–Trinajstić information content (AvgIpc) is 3.05. The molecular formula is C34H32O10. The van der Waals surface area contributed by atoms with Gasteiger partial charge in [-0.25, -0.2) is 9.59 Å². The number of aromatic hydroxyl groups is 2. The van der Waals surface area contributed by atoms with E-state index in [-0.39, 0.29) is 29.2 Å². The minimum absolute atomic E-state index is 0.0180. The minimum Gasteiger partial charge on any atom is -0.507 e. The molecule has 0 saturated heterocycles. The van der Waals surface area contributed by atoms with Gasteiger partial charge in [-0.1, -0.05) is 72.8 Å². The number of aromatic carboxylic acids is 1. The van der Waals surface area contributed by atoms with Crippen LogP contribution in [-0.4, -0.2) is 54.4 Å². The standard InChI is InChI=1S/2C17H16O5/c1-21-16-11-12(8-9-14(16)18)5-4-10-22-15-7-3-2-6-13(15)17(19)20;1-20-16(12-11-13-7-3-2-4-8-13)21-22-17(19)14-9-5-6-10-15(14)18/h2-9,11,18H,10H2,1H3,(H,19,20);2-12,16,18H,1H3. The Morgan fingerprint density at radius 1 is 0.750 bits per heavy atom. The van der Waals surface area contributed by atoms with E-state index in [0.717, 1.165) is 11.1 Å². The minimum atomic E-state index is -1.03. The largest absolute Gasteiger partial charge is 0.507 e. The molecule has 10 heteroatoms. The molecule has 0 bridgehead atoms. The molecule has 4 aromatic carbocycles. The zero-order chi connectivity index (χ0) is 31.7. The Balaban J connectivity index is 0.000000240. The van der Waals surface area contributed by atoms with Crippen LogP contribution in [0.25, 0.3) is 12.2 Å². The summed E-state index contributed by atoms with van der Waals surface area (Å²) in [6, 6.07) is 27.0. The van der Waals surface area contributed by atoms with Crippen LogP contribution in [-0.2, 0) is 14.5 Å². The summed E-state index contributed by atoms with van der Waals surface area (Å²) in [5.74, 6) is -1.21. The van der Waals surface area contributed by atoms with Crippen LogP contribution in [0.15, 0.2) is 109 Å². The number of carboxylic acids is 1. The second kappa shape index (κ2) is 17.4. The van der Waals surface area contributed by atoms with Gasteiger partial charge in [0.25, 0.3) is 0 Å². The summed E-state index contributed by atoms with van der Waals surface area (Å²) in [6.45, 7) is 0.230. The summed E-state index contributed by atoms with van der Waals surface area (Å²) in [5.41, 5.74) is 1.94. The highest BCUT2D eigenvalue weighted by Crippen LogP contribution is 2.27. The highest BCUT2D eigenvalue weighted by molar-refractivity contribution is 5.92. The zero-order valence-corrected chi connectivity index (χ0v) is 24.0. The molecule has 3 N–H and O–H groups in total. The van der Waals surface area contributed by atoms with Crippen LogP contribution in [0.4, 0.5) is 0 Å². The lowest BCUT2D eigenvalue weighted by atomic mass is 10.2. The number of rotatable bonds is 12. The second-order valence-corrected chi connectivity index (χ2v) is 8.80. The van der Waals surface area contributed by atoms with Gasteiger partial charge in [0.2, 0.25) is 6.29 Å². The van der Waals surface area contributed by atoms with Gasteiger partial charge in [0.1, 0.15) is 29.2 Å². The Labute approximate surface area is 254 Å². The molecule has 0 radical (unpaired) electrons. The van der Waals surface area contributed by atoms with Gasteiger partial charge in [0, 0.05) is 7.11 Å². The summed E-state index contributed by atoms with van der Waals surface area (Å²) in [7, 11) is 2.91. The van der Waals surface area contributed by atoms with Crippen molar-refractivity contribution in [1.29, 1.82) is 0 Å². The topological polar surface area (TPSA) is 141 Å². The van der Waals surface area contributed by atoms with Crippen molar-refractivity contribution in [1.82, 2.24) is 0 Å². The monoisotopic (exact) mass is 600 g/mol. The first-order chi connectivity index (χ1) is 21.3. The van der Waals surface area contributed by atoms with Crippen molar-refractivity contribution in [3.05, 3.63) is 131 Å². The lowest BCUT2D eigenvalue weighted by molar-refractivity contribution is -0.317. The maximum absolute atomic E-state index is 11.8. The predicted octanol–water partition coefficient (Wildman–Crippen LogP) is 6.36. The van der Waals surface area contributed by atoms with E-state index >= 15 is 0 Å². The van der Waals surface area contributed by atoms with Crippen LogP contribution in [0, 0.1) is 0 Å². The molecule has 0 amide bonds. The number of carbonyl (C=O) groups is 2. The van der Waals surface area contributed by atoms with E-state index in [9.17, 15) is 19.8 Å². The molecule has 0 spiro atoms. The molecule has 1 unspecified atom stereocenters. The number of benzene rings is 4. The van der Waals surface area contributed by atoms with E-state index in [4.69, 9.17) is 24.2 Å². The van der Waals surface area contributed by atoms with E-state index in [2.05, 4.69) is 4.89 Å². The predicted molar refractivity (Wildman–Crippen MR) is 163 cm³/mol. The second-order valence-electron chi connectivity index (χ2n) is 8.80. The number of hydrogen-bond acceptors (Lipinski definition) is 9. The fourth-order valence-corrected chi connectivity index (χ4v) is 3.58. The van der Waals surface area contributed by atoms with Crippen molar-refractivity contribution < 1.29 is 48.9 Å². The molecule has 0 heterocycles. The Morgan fingerprint density at radius 2 is 1.43 bits per heavy atom. The molecule has 0 aliphatic heterocycles. The van der Waals surface area contributed by atoms with E-state index in [1.54, 1.807) is 72.8 Å². The lowest BCUT2D eigenvalue weighted by Gasteiger charge is -2.10. The highest BCUT2D eigenvalue weighted by Gasteiger charge is 2.15. The Morgan fingerprint density at radius 3 is 2.11 bits per heavy atom. The molecule has 228 valence electrons. The van der Waals surface area contributed by atoms with Gasteiger partial charge in [-0.15, -0.1) is 4.89 Å². The van der Waals surface area contributed by atoms with Crippen molar-refractivity contribution in [2.75, 3.05) is 20.8 Å². The number of ether oxygens (including phenoxy) is 3. The maximum Gasteiger partial charge on any atom is 0.376 e. The van der Waals surface area contributed by atoms with Gasteiger partial charge in [0.05, 0.1) is 7.11 Å². The van der Waals surface area contributed by atoms with Gasteiger partial charge in [-0.05, 0) is 59.7 Å². The van der Waals surface area contributed by atoms with Gasteiger partial charge in [-0.3, -0.25) is 4.89 Å². The summed E-state index contributed by atoms with van der Waals surface area (Å²) in [4.78, 5) is 32.4. The molecular weight excluding hydrogens is 568 g/mol. The van der Waals surface area contributed by atoms with Gasteiger partial charge in [-0.2, -0.15) is 0 Å².